The predicted molar refractivity (Wildman–Crippen MR) is 117 cm³/mol. The second-order valence-electron chi connectivity index (χ2n) is 6.20. The number of ether oxygens (including phenoxy) is 1. The van der Waals surface area contributed by atoms with Gasteiger partial charge < -0.3 is 15.2 Å². The van der Waals surface area contributed by atoms with Crippen molar-refractivity contribution >= 4 is 39.6 Å². The van der Waals surface area contributed by atoms with Crippen molar-refractivity contribution in [2.24, 2.45) is 0 Å². The summed E-state index contributed by atoms with van der Waals surface area (Å²) >= 11 is 3.31. The van der Waals surface area contributed by atoms with E-state index in [-0.39, 0.29) is 22.6 Å². The van der Waals surface area contributed by atoms with Gasteiger partial charge in [-0.2, -0.15) is 0 Å². The van der Waals surface area contributed by atoms with Crippen LogP contribution in [0.15, 0.2) is 83.0 Å². The van der Waals surface area contributed by atoms with Gasteiger partial charge in [-0.25, -0.2) is 4.79 Å². The molecule has 0 saturated carbocycles. The quantitative estimate of drug-likeness (QED) is 0.277. The number of nitro groups is 1. The molecule has 3 rings (SSSR count). The molecule has 0 aromatic heterocycles. The van der Waals surface area contributed by atoms with Crippen LogP contribution in [-0.2, 0) is 4.79 Å². The molecule has 3 aromatic rings. The summed E-state index contributed by atoms with van der Waals surface area (Å²) in [5, 5.41) is 23.3. The van der Waals surface area contributed by atoms with Gasteiger partial charge in [0.2, 0.25) is 5.75 Å². The van der Waals surface area contributed by atoms with E-state index in [9.17, 15) is 24.8 Å². The monoisotopic (exact) mass is 482 g/mol. The minimum Gasteiger partial charge on any atom is -0.477 e. The fourth-order valence-electron chi connectivity index (χ4n) is 2.60. The number of benzene rings is 3. The topological polar surface area (TPSA) is 119 Å². The lowest BCUT2D eigenvalue weighted by atomic mass is 10.1. The maximum absolute atomic E-state index is 12.3. The van der Waals surface area contributed by atoms with Crippen LogP contribution in [0.5, 0.6) is 11.5 Å². The first kappa shape index (κ1) is 21.7. The van der Waals surface area contributed by atoms with Crippen LogP contribution in [0, 0.1) is 10.1 Å². The minimum absolute atomic E-state index is 0.0146. The van der Waals surface area contributed by atoms with Crippen LogP contribution in [0.3, 0.4) is 0 Å². The molecule has 1 amide bonds. The number of rotatable bonds is 7. The summed E-state index contributed by atoms with van der Waals surface area (Å²) < 4.78 is 6.25. The van der Waals surface area contributed by atoms with Crippen LogP contribution in [0.2, 0.25) is 0 Å². The highest BCUT2D eigenvalue weighted by Crippen LogP contribution is 2.35. The van der Waals surface area contributed by atoms with Crippen LogP contribution in [0.1, 0.15) is 15.9 Å². The number of nitrogens with zero attached hydrogens (tertiary/aromatic N) is 1. The Kier molecular flexibility index (Phi) is 6.78. The number of amides is 1. The third-order valence-corrected chi connectivity index (χ3v) is 4.72. The molecule has 0 bridgehead atoms. The van der Waals surface area contributed by atoms with Crippen molar-refractivity contribution < 1.29 is 24.4 Å². The van der Waals surface area contributed by atoms with E-state index in [2.05, 4.69) is 21.2 Å². The van der Waals surface area contributed by atoms with Gasteiger partial charge in [-0.3, -0.25) is 14.9 Å². The number of nitro benzene ring substituents is 1. The minimum atomic E-state index is -1.39. The van der Waals surface area contributed by atoms with Gasteiger partial charge in [0.25, 0.3) is 5.91 Å². The average Bonchev–Trinajstić information content (AvgIpc) is 2.76. The zero-order chi connectivity index (χ0) is 22.4. The van der Waals surface area contributed by atoms with Crippen LogP contribution in [0.25, 0.3) is 6.08 Å². The lowest BCUT2D eigenvalue weighted by Crippen LogP contribution is -2.27. The van der Waals surface area contributed by atoms with E-state index in [1.54, 1.807) is 42.5 Å². The summed E-state index contributed by atoms with van der Waals surface area (Å²) in [4.78, 5) is 34.8. The Balaban J connectivity index is 1.91. The molecule has 0 unspecified atom stereocenters. The van der Waals surface area contributed by atoms with E-state index >= 15 is 0 Å². The fourth-order valence-corrected chi connectivity index (χ4v) is 2.97. The number of para-hydroxylation sites is 1. The number of halogens is 1. The Morgan fingerprint density at radius 1 is 1.00 bits per heavy atom. The first-order valence-corrected chi connectivity index (χ1v) is 9.66. The molecule has 0 aliphatic heterocycles. The molecule has 0 fully saturated rings. The van der Waals surface area contributed by atoms with Crippen molar-refractivity contribution in [3.05, 3.63) is 104 Å². The van der Waals surface area contributed by atoms with Gasteiger partial charge in [0.1, 0.15) is 11.4 Å². The van der Waals surface area contributed by atoms with E-state index in [4.69, 9.17) is 4.74 Å². The highest BCUT2D eigenvalue weighted by atomic mass is 79.9. The molecule has 0 saturated heterocycles. The Bertz CT molecular complexity index is 1180. The Labute approximate surface area is 185 Å². The van der Waals surface area contributed by atoms with Gasteiger partial charge >= 0.3 is 11.7 Å². The molecule has 0 spiro atoms. The van der Waals surface area contributed by atoms with E-state index in [0.717, 1.165) is 6.08 Å². The summed E-state index contributed by atoms with van der Waals surface area (Å²) in [5.41, 5.74) is -0.305. The molecule has 0 atom stereocenters. The molecule has 156 valence electrons. The summed E-state index contributed by atoms with van der Waals surface area (Å²) in [7, 11) is 0. The maximum Gasteiger partial charge on any atom is 0.352 e. The van der Waals surface area contributed by atoms with Crippen molar-refractivity contribution in [2.75, 3.05) is 0 Å². The van der Waals surface area contributed by atoms with Gasteiger partial charge in [-0.05, 0) is 57.9 Å². The molecular formula is C22H15BrN2O6. The largest absolute Gasteiger partial charge is 0.477 e. The number of carbonyl (C=O) groups excluding carboxylic acids is 1. The SMILES string of the molecule is O=C(O)/C(=C/c1ccc(Oc2ccccc2Br)c([N+](=O)[O-])c1)NC(=O)c1ccccc1. The van der Waals surface area contributed by atoms with E-state index < -0.39 is 22.5 Å². The van der Waals surface area contributed by atoms with Gasteiger partial charge in [-0.15, -0.1) is 0 Å². The van der Waals surface area contributed by atoms with Crippen molar-refractivity contribution in [3.63, 3.8) is 0 Å². The number of carbonyl (C=O) groups is 2. The smallest absolute Gasteiger partial charge is 0.352 e. The second kappa shape index (κ2) is 9.68. The van der Waals surface area contributed by atoms with E-state index in [0.29, 0.717) is 10.2 Å². The molecule has 0 aliphatic rings. The number of carboxylic acid groups (broad SMARTS) is 1. The van der Waals surface area contributed by atoms with Crippen LogP contribution in [0.4, 0.5) is 5.69 Å². The zero-order valence-electron chi connectivity index (χ0n) is 15.8. The number of aliphatic carboxylic acids is 1. The molecule has 3 aromatic carbocycles. The van der Waals surface area contributed by atoms with Crippen molar-refractivity contribution in [3.8, 4) is 11.5 Å². The third kappa shape index (κ3) is 5.55. The highest BCUT2D eigenvalue weighted by Gasteiger charge is 2.19. The van der Waals surface area contributed by atoms with Crippen LogP contribution in [-0.4, -0.2) is 21.9 Å². The maximum atomic E-state index is 12.3. The lowest BCUT2D eigenvalue weighted by molar-refractivity contribution is -0.385. The summed E-state index contributed by atoms with van der Waals surface area (Å²) in [5.74, 6) is -1.63. The van der Waals surface area contributed by atoms with E-state index in [1.165, 1.54) is 30.3 Å². The first-order chi connectivity index (χ1) is 14.8. The number of hydrogen-bond acceptors (Lipinski definition) is 5. The number of nitrogens with one attached hydrogen (secondary N) is 1. The summed E-state index contributed by atoms with van der Waals surface area (Å²) in [6.45, 7) is 0. The Hall–Kier alpha value is -3.98. The molecule has 0 heterocycles. The van der Waals surface area contributed by atoms with Crippen molar-refractivity contribution in [1.29, 1.82) is 0 Å². The van der Waals surface area contributed by atoms with Crippen molar-refractivity contribution in [1.82, 2.24) is 5.32 Å². The molecule has 0 aliphatic carbocycles. The van der Waals surface area contributed by atoms with Gasteiger partial charge in [0.15, 0.2) is 0 Å². The number of hydrogen-bond donors (Lipinski definition) is 2. The first-order valence-electron chi connectivity index (χ1n) is 8.87. The van der Waals surface area contributed by atoms with Gasteiger partial charge in [0.05, 0.1) is 9.40 Å². The van der Waals surface area contributed by atoms with Crippen molar-refractivity contribution in [2.45, 2.75) is 0 Å². The summed E-state index contributed by atoms with van der Waals surface area (Å²) in [6, 6.07) is 18.9. The lowest BCUT2D eigenvalue weighted by Gasteiger charge is -2.09. The van der Waals surface area contributed by atoms with Crippen LogP contribution >= 0.6 is 15.9 Å². The third-order valence-electron chi connectivity index (χ3n) is 4.06. The van der Waals surface area contributed by atoms with Gasteiger partial charge in [0, 0.05) is 11.6 Å². The molecule has 0 radical (unpaired) electrons. The van der Waals surface area contributed by atoms with E-state index in [1.807, 2.05) is 0 Å². The van der Waals surface area contributed by atoms with Crippen LogP contribution < -0.4 is 10.1 Å². The summed E-state index contributed by atoms with van der Waals surface area (Å²) in [6.07, 6.45) is 1.14. The molecule has 9 heteroatoms. The Morgan fingerprint density at radius 3 is 2.32 bits per heavy atom. The highest BCUT2D eigenvalue weighted by molar-refractivity contribution is 9.10. The second-order valence-corrected chi connectivity index (χ2v) is 7.05. The standard InChI is InChI=1S/C22H15BrN2O6/c23-16-8-4-5-9-19(16)31-20-11-10-14(13-18(20)25(29)30)12-17(22(27)28)24-21(26)15-6-2-1-3-7-15/h1-13H,(H,24,26)(H,27,28)/b17-12-. The zero-order valence-corrected chi connectivity index (χ0v) is 17.4. The van der Waals surface area contributed by atoms with Gasteiger partial charge in [-0.1, -0.05) is 36.4 Å². The average molecular weight is 483 g/mol. The normalized spacial score (nSPS) is 10.9. The number of carboxylic acids is 1. The molecule has 8 nitrogen and oxygen atoms in total. The predicted octanol–water partition coefficient (Wildman–Crippen LogP) is 5.01. The fraction of sp³-hybridized carbons (Fsp3) is 0. The molecule has 31 heavy (non-hydrogen) atoms. The Morgan fingerprint density at radius 2 is 1.68 bits per heavy atom. The molecule has 2 N–H and O–H groups in total. The molecular weight excluding hydrogens is 468 g/mol.